The molecule has 0 aromatic heterocycles. The van der Waals surface area contributed by atoms with E-state index in [1.54, 1.807) is 0 Å². The number of esters is 1. The molecule has 1 saturated carbocycles. The first-order chi connectivity index (χ1) is 7.21. The van der Waals surface area contributed by atoms with Crippen LogP contribution in [-0.2, 0) is 9.53 Å². The lowest BCUT2D eigenvalue weighted by Gasteiger charge is -2.13. The number of carbonyl (C=O) groups is 1. The average molecular weight is 214 g/mol. The highest BCUT2D eigenvalue weighted by Gasteiger charge is 2.33. The van der Waals surface area contributed by atoms with Crippen molar-refractivity contribution in [2.24, 2.45) is 17.8 Å². The maximum absolute atomic E-state index is 11.3. The maximum atomic E-state index is 11.3. The Morgan fingerprint density at radius 3 is 2.47 bits per heavy atom. The molecular weight excluding hydrogens is 192 g/mol. The van der Waals surface area contributed by atoms with Gasteiger partial charge in [0.25, 0.3) is 0 Å². The Morgan fingerprint density at radius 1 is 1.33 bits per heavy atom. The predicted octanol–water partition coefficient (Wildman–Crippen LogP) is 1.98. The average Bonchev–Trinajstić information content (AvgIpc) is 2.60. The zero-order valence-corrected chi connectivity index (χ0v) is 9.74. The van der Waals surface area contributed by atoms with Gasteiger partial charge in [-0.2, -0.15) is 0 Å². The Kier molecular flexibility index (Phi) is 5.09. The molecule has 0 amide bonds. The lowest BCUT2D eigenvalue weighted by Crippen LogP contribution is -2.11. The Bertz CT molecular complexity index is 191. The smallest absolute Gasteiger partial charge is 0.306 e. The molecule has 88 valence electrons. The summed E-state index contributed by atoms with van der Waals surface area (Å²) in [5.74, 6) is 1.32. The fourth-order valence-corrected chi connectivity index (χ4v) is 2.68. The van der Waals surface area contributed by atoms with Gasteiger partial charge < -0.3 is 9.84 Å². The third-order valence-electron chi connectivity index (χ3n) is 3.46. The van der Waals surface area contributed by atoms with Crippen molar-refractivity contribution < 1.29 is 14.6 Å². The van der Waals surface area contributed by atoms with E-state index < -0.39 is 0 Å². The van der Waals surface area contributed by atoms with E-state index in [9.17, 15) is 9.90 Å². The number of hydrogen-bond acceptors (Lipinski definition) is 3. The summed E-state index contributed by atoms with van der Waals surface area (Å²) in [6.45, 7) is 4.71. The van der Waals surface area contributed by atoms with Gasteiger partial charge in [-0.05, 0) is 37.5 Å². The number of hydrogen-bond donors (Lipinski definition) is 1. The van der Waals surface area contributed by atoms with E-state index in [2.05, 4.69) is 6.92 Å². The molecule has 0 bridgehead atoms. The molecule has 15 heavy (non-hydrogen) atoms. The summed E-state index contributed by atoms with van der Waals surface area (Å²) in [7, 11) is 0. The molecule has 3 atom stereocenters. The van der Waals surface area contributed by atoms with Crippen molar-refractivity contribution in [1.29, 1.82) is 0 Å². The Balaban J connectivity index is 2.36. The first-order valence-corrected chi connectivity index (χ1v) is 5.97. The van der Waals surface area contributed by atoms with Gasteiger partial charge in [-0.15, -0.1) is 0 Å². The first kappa shape index (κ1) is 12.5. The van der Waals surface area contributed by atoms with E-state index in [0.29, 0.717) is 30.8 Å². The first-order valence-electron chi connectivity index (χ1n) is 5.97. The maximum Gasteiger partial charge on any atom is 0.306 e. The summed E-state index contributed by atoms with van der Waals surface area (Å²) in [4.78, 5) is 11.3. The van der Waals surface area contributed by atoms with Crippen LogP contribution in [0.25, 0.3) is 0 Å². The molecule has 3 nitrogen and oxygen atoms in total. The van der Waals surface area contributed by atoms with Crippen molar-refractivity contribution in [2.45, 2.75) is 39.5 Å². The minimum atomic E-state index is -0.0871. The van der Waals surface area contributed by atoms with Gasteiger partial charge in [0.15, 0.2) is 0 Å². The topological polar surface area (TPSA) is 46.5 Å². The van der Waals surface area contributed by atoms with Crippen LogP contribution in [0.2, 0.25) is 0 Å². The minimum absolute atomic E-state index is 0.0871. The third kappa shape index (κ3) is 3.49. The number of ether oxygens (including phenoxy) is 1. The zero-order chi connectivity index (χ0) is 11.3. The van der Waals surface area contributed by atoms with Crippen LogP contribution in [0.5, 0.6) is 0 Å². The van der Waals surface area contributed by atoms with Gasteiger partial charge in [0.2, 0.25) is 0 Å². The molecule has 0 saturated heterocycles. The van der Waals surface area contributed by atoms with E-state index in [0.717, 1.165) is 19.3 Å². The second kappa shape index (κ2) is 6.11. The highest BCUT2D eigenvalue weighted by molar-refractivity contribution is 5.69. The van der Waals surface area contributed by atoms with E-state index in [1.807, 2.05) is 6.92 Å². The fourth-order valence-electron chi connectivity index (χ4n) is 2.68. The standard InChI is InChI=1S/C12H22O3/c1-3-10-5-9(6-11(10)8-13)7-12(14)15-4-2/h9-11,13H,3-8H2,1-2H3. The number of aliphatic hydroxyl groups is 1. The van der Waals surface area contributed by atoms with Crippen LogP contribution in [0, 0.1) is 17.8 Å². The van der Waals surface area contributed by atoms with Gasteiger partial charge in [0, 0.05) is 13.0 Å². The Hall–Kier alpha value is -0.570. The van der Waals surface area contributed by atoms with Crippen LogP contribution >= 0.6 is 0 Å². The molecule has 3 heteroatoms. The lowest BCUT2D eigenvalue weighted by atomic mass is 9.95. The SMILES string of the molecule is CCOC(=O)CC1CC(CC)C(CO)C1. The fraction of sp³-hybridized carbons (Fsp3) is 0.917. The van der Waals surface area contributed by atoms with Crippen LogP contribution in [0.15, 0.2) is 0 Å². The summed E-state index contributed by atoms with van der Waals surface area (Å²) < 4.78 is 4.94. The summed E-state index contributed by atoms with van der Waals surface area (Å²) >= 11 is 0. The number of aliphatic hydroxyl groups excluding tert-OH is 1. The van der Waals surface area contributed by atoms with Crippen LogP contribution in [0.4, 0.5) is 0 Å². The van der Waals surface area contributed by atoms with Crippen LogP contribution < -0.4 is 0 Å². The van der Waals surface area contributed by atoms with Gasteiger partial charge in [-0.25, -0.2) is 0 Å². The highest BCUT2D eigenvalue weighted by Crippen LogP contribution is 2.39. The Morgan fingerprint density at radius 2 is 2.00 bits per heavy atom. The van der Waals surface area contributed by atoms with Crippen molar-refractivity contribution >= 4 is 5.97 Å². The molecule has 0 aromatic rings. The van der Waals surface area contributed by atoms with Crippen LogP contribution in [0.3, 0.4) is 0 Å². The molecule has 3 unspecified atom stereocenters. The van der Waals surface area contributed by atoms with E-state index in [-0.39, 0.29) is 12.6 Å². The van der Waals surface area contributed by atoms with Gasteiger partial charge in [-0.1, -0.05) is 13.3 Å². The molecule has 0 aliphatic heterocycles. The summed E-state index contributed by atoms with van der Waals surface area (Å²) in [5, 5.41) is 9.21. The lowest BCUT2D eigenvalue weighted by molar-refractivity contribution is -0.144. The summed E-state index contributed by atoms with van der Waals surface area (Å²) in [5.41, 5.74) is 0. The zero-order valence-electron chi connectivity index (χ0n) is 9.74. The molecule has 0 spiro atoms. The van der Waals surface area contributed by atoms with Gasteiger partial charge in [0.05, 0.1) is 6.61 Å². The monoisotopic (exact) mass is 214 g/mol. The number of rotatable bonds is 5. The molecule has 0 heterocycles. The van der Waals surface area contributed by atoms with Crippen molar-refractivity contribution in [2.75, 3.05) is 13.2 Å². The van der Waals surface area contributed by atoms with E-state index in [4.69, 9.17) is 4.74 Å². The highest BCUT2D eigenvalue weighted by atomic mass is 16.5. The second-order valence-electron chi connectivity index (χ2n) is 4.46. The minimum Gasteiger partial charge on any atom is -0.466 e. The van der Waals surface area contributed by atoms with Gasteiger partial charge in [-0.3, -0.25) is 4.79 Å². The predicted molar refractivity (Wildman–Crippen MR) is 58.3 cm³/mol. The van der Waals surface area contributed by atoms with E-state index >= 15 is 0 Å². The van der Waals surface area contributed by atoms with Crippen LogP contribution in [-0.4, -0.2) is 24.3 Å². The molecule has 1 fully saturated rings. The van der Waals surface area contributed by atoms with Crippen molar-refractivity contribution in [3.63, 3.8) is 0 Å². The molecule has 1 N–H and O–H groups in total. The summed E-state index contributed by atoms with van der Waals surface area (Å²) in [6, 6.07) is 0. The third-order valence-corrected chi connectivity index (χ3v) is 3.46. The molecular formula is C12H22O3. The normalized spacial score (nSPS) is 30.5. The van der Waals surface area contributed by atoms with Gasteiger partial charge in [0.1, 0.15) is 0 Å². The summed E-state index contributed by atoms with van der Waals surface area (Å²) in [6.07, 6.45) is 3.68. The molecule has 0 aromatic carbocycles. The number of carbonyl (C=O) groups excluding carboxylic acids is 1. The molecule has 1 aliphatic rings. The van der Waals surface area contributed by atoms with E-state index in [1.165, 1.54) is 0 Å². The van der Waals surface area contributed by atoms with Crippen molar-refractivity contribution in [3.05, 3.63) is 0 Å². The second-order valence-corrected chi connectivity index (χ2v) is 4.46. The molecule has 1 aliphatic carbocycles. The van der Waals surface area contributed by atoms with Crippen LogP contribution in [0.1, 0.15) is 39.5 Å². The Labute approximate surface area is 91.8 Å². The van der Waals surface area contributed by atoms with Crippen molar-refractivity contribution in [1.82, 2.24) is 0 Å². The largest absolute Gasteiger partial charge is 0.466 e. The molecule has 1 rings (SSSR count). The van der Waals surface area contributed by atoms with Crippen molar-refractivity contribution in [3.8, 4) is 0 Å². The van der Waals surface area contributed by atoms with Gasteiger partial charge >= 0.3 is 5.97 Å². The molecule has 0 radical (unpaired) electrons. The quantitative estimate of drug-likeness (QED) is 0.712.